The fourth-order valence-electron chi connectivity index (χ4n) is 1.66. The van der Waals surface area contributed by atoms with Crippen LogP contribution in [0.4, 0.5) is 0 Å². The second kappa shape index (κ2) is 5.96. The summed E-state index contributed by atoms with van der Waals surface area (Å²) in [6, 6.07) is 0. The minimum Gasteiger partial charge on any atom is -0.362 e. The third-order valence-electron chi connectivity index (χ3n) is 2.53. The minimum absolute atomic E-state index is 0.612. The van der Waals surface area contributed by atoms with Gasteiger partial charge in [-0.3, -0.25) is 5.43 Å². The molecule has 4 heteroatoms. The van der Waals surface area contributed by atoms with Crippen LogP contribution in [-0.2, 0) is 0 Å². The number of hydrogen-bond donors (Lipinski definition) is 2. The number of rotatable bonds is 2. The van der Waals surface area contributed by atoms with Crippen LogP contribution in [0.15, 0.2) is 5.10 Å². The number of hydrogen-bond acceptors (Lipinski definition) is 2. The van der Waals surface area contributed by atoms with Crippen LogP contribution in [0.1, 0.15) is 39.5 Å². The average molecular weight is 213 g/mol. The van der Waals surface area contributed by atoms with Gasteiger partial charge in [0.15, 0.2) is 5.11 Å². The third kappa shape index (κ3) is 3.62. The molecule has 0 amide bonds. The molecule has 2 N–H and O–H groups in total. The summed E-state index contributed by atoms with van der Waals surface area (Å²) < 4.78 is 0. The van der Waals surface area contributed by atoms with Crippen molar-refractivity contribution in [3.05, 3.63) is 0 Å². The molecule has 1 aliphatic carbocycles. The number of nitrogens with zero attached hydrogens (tertiary/aromatic N) is 1. The Morgan fingerprint density at radius 1 is 1.57 bits per heavy atom. The molecule has 0 aromatic carbocycles. The molecule has 1 atom stereocenters. The highest BCUT2D eigenvalue weighted by Gasteiger charge is 2.15. The summed E-state index contributed by atoms with van der Waals surface area (Å²) in [5.41, 5.74) is 4.15. The first-order valence-corrected chi connectivity index (χ1v) is 5.75. The zero-order valence-corrected chi connectivity index (χ0v) is 9.78. The van der Waals surface area contributed by atoms with E-state index in [1.807, 2.05) is 6.92 Å². The van der Waals surface area contributed by atoms with Crippen LogP contribution in [0, 0.1) is 5.92 Å². The smallest absolute Gasteiger partial charge is 0.186 e. The zero-order chi connectivity index (χ0) is 10.4. The molecule has 0 bridgehead atoms. The molecule has 1 saturated carbocycles. The van der Waals surface area contributed by atoms with Crippen molar-refractivity contribution in [3.8, 4) is 0 Å². The molecule has 0 saturated heterocycles. The van der Waals surface area contributed by atoms with Gasteiger partial charge >= 0.3 is 0 Å². The first-order chi connectivity index (χ1) is 6.74. The van der Waals surface area contributed by atoms with E-state index < -0.39 is 0 Å². The molecule has 0 aromatic heterocycles. The van der Waals surface area contributed by atoms with Crippen molar-refractivity contribution >= 4 is 23.0 Å². The molecule has 1 unspecified atom stereocenters. The van der Waals surface area contributed by atoms with Crippen molar-refractivity contribution in [2.75, 3.05) is 6.54 Å². The molecule has 0 aromatic rings. The van der Waals surface area contributed by atoms with Gasteiger partial charge in [-0.05, 0) is 44.3 Å². The van der Waals surface area contributed by atoms with Gasteiger partial charge in [-0.25, -0.2) is 0 Å². The normalized spacial score (nSPS) is 24.7. The Morgan fingerprint density at radius 2 is 2.36 bits per heavy atom. The number of thiocarbonyl (C=S) groups is 1. The Labute approximate surface area is 91.3 Å². The fourth-order valence-corrected chi connectivity index (χ4v) is 1.85. The molecule has 1 aliphatic rings. The molecular formula is C10H19N3S. The van der Waals surface area contributed by atoms with Crippen molar-refractivity contribution in [3.63, 3.8) is 0 Å². The standard InChI is InChI=1S/C10H19N3S/c1-3-11-10(14)13-12-9-7-5-4-6-8(9)2/h8H,3-7H2,1-2H3,(H2,11,13,14)/b12-9-. The van der Waals surface area contributed by atoms with Gasteiger partial charge in [0.25, 0.3) is 0 Å². The van der Waals surface area contributed by atoms with Crippen molar-refractivity contribution < 1.29 is 0 Å². The highest BCUT2D eigenvalue weighted by molar-refractivity contribution is 7.80. The number of nitrogens with one attached hydrogen (secondary N) is 2. The molecule has 80 valence electrons. The van der Waals surface area contributed by atoms with E-state index >= 15 is 0 Å². The van der Waals surface area contributed by atoms with Crippen molar-refractivity contribution in [2.45, 2.75) is 39.5 Å². The van der Waals surface area contributed by atoms with E-state index in [4.69, 9.17) is 12.2 Å². The van der Waals surface area contributed by atoms with Crippen LogP contribution in [0.25, 0.3) is 0 Å². The van der Waals surface area contributed by atoms with Crippen LogP contribution < -0.4 is 10.7 Å². The molecule has 0 heterocycles. The van der Waals surface area contributed by atoms with Crippen LogP contribution in [-0.4, -0.2) is 17.4 Å². The van der Waals surface area contributed by atoms with E-state index in [-0.39, 0.29) is 0 Å². The van der Waals surface area contributed by atoms with Gasteiger partial charge in [-0.15, -0.1) is 0 Å². The van der Waals surface area contributed by atoms with Gasteiger partial charge in [0.1, 0.15) is 0 Å². The monoisotopic (exact) mass is 213 g/mol. The Balaban J connectivity index is 2.38. The van der Waals surface area contributed by atoms with Crippen molar-refractivity contribution in [2.24, 2.45) is 11.0 Å². The van der Waals surface area contributed by atoms with Gasteiger partial charge in [0.05, 0.1) is 0 Å². The van der Waals surface area contributed by atoms with Gasteiger partial charge in [-0.1, -0.05) is 13.3 Å². The van der Waals surface area contributed by atoms with Gasteiger partial charge < -0.3 is 5.32 Å². The Bertz CT molecular complexity index is 225. The molecule has 1 rings (SSSR count). The average Bonchev–Trinajstić information content (AvgIpc) is 2.17. The summed E-state index contributed by atoms with van der Waals surface area (Å²) in [6.45, 7) is 5.09. The largest absolute Gasteiger partial charge is 0.362 e. The number of hydrazone groups is 1. The van der Waals surface area contributed by atoms with Crippen LogP contribution in [0.5, 0.6) is 0 Å². The van der Waals surface area contributed by atoms with Crippen LogP contribution >= 0.6 is 12.2 Å². The summed E-state index contributed by atoms with van der Waals surface area (Å²) in [4.78, 5) is 0. The lowest BCUT2D eigenvalue weighted by Gasteiger charge is -2.20. The van der Waals surface area contributed by atoms with Gasteiger partial charge in [-0.2, -0.15) is 5.10 Å². The second-order valence-electron chi connectivity index (χ2n) is 3.72. The summed E-state index contributed by atoms with van der Waals surface area (Å²) in [5, 5.41) is 7.98. The molecule has 0 aliphatic heterocycles. The Hall–Kier alpha value is -0.640. The molecule has 0 spiro atoms. The lowest BCUT2D eigenvalue weighted by atomic mass is 9.89. The molecule has 1 fully saturated rings. The van der Waals surface area contributed by atoms with Crippen LogP contribution in [0.3, 0.4) is 0 Å². The first kappa shape index (κ1) is 11.4. The maximum atomic E-state index is 5.03. The fraction of sp³-hybridized carbons (Fsp3) is 0.800. The highest BCUT2D eigenvalue weighted by atomic mass is 32.1. The summed E-state index contributed by atoms with van der Waals surface area (Å²) in [7, 11) is 0. The zero-order valence-electron chi connectivity index (χ0n) is 8.97. The van der Waals surface area contributed by atoms with E-state index in [1.165, 1.54) is 25.0 Å². The van der Waals surface area contributed by atoms with E-state index in [9.17, 15) is 0 Å². The summed E-state index contributed by atoms with van der Waals surface area (Å²) in [5.74, 6) is 0.612. The second-order valence-corrected chi connectivity index (χ2v) is 4.13. The predicted octanol–water partition coefficient (Wildman–Crippen LogP) is 2.04. The Morgan fingerprint density at radius 3 is 3.00 bits per heavy atom. The molecule has 14 heavy (non-hydrogen) atoms. The van der Waals surface area contributed by atoms with E-state index in [2.05, 4.69) is 22.8 Å². The summed E-state index contributed by atoms with van der Waals surface area (Å²) >= 11 is 5.03. The predicted molar refractivity (Wildman–Crippen MR) is 64.5 cm³/mol. The van der Waals surface area contributed by atoms with Crippen LogP contribution in [0.2, 0.25) is 0 Å². The minimum atomic E-state index is 0.612. The van der Waals surface area contributed by atoms with E-state index in [0.29, 0.717) is 11.0 Å². The van der Waals surface area contributed by atoms with E-state index in [1.54, 1.807) is 0 Å². The van der Waals surface area contributed by atoms with Crippen molar-refractivity contribution in [1.29, 1.82) is 0 Å². The SMILES string of the molecule is CCNC(=S)N/N=C1/CCCCC1C. The maximum Gasteiger partial charge on any atom is 0.186 e. The summed E-state index contributed by atoms with van der Waals surface area (Å²) in [6.07, 6.45) is 4.97. The van der Waals surface area contributed by atoms with E-state index in [0.717, 1.165) is 13.0 Å². The lowest BCUT2D eigenvalue weighted by Crippen LogP contribution is -2.33. The topological polar surface area (TPSA) is 36.4 Å². The quantitative estimate of drug-likeness (QED) is 0.544. The first-order valence-electron chi connectivity index (χ1n) is 5.34. The lowest BCUT2D eigenvalue weighted by molar-refractivity contribution is 0.555. The maximum absolute atomic E-state index is 5.03. The highest BCUT2D eigenvalue weighted by Crippen LogP contribution is 2.20. The molecule has 0 radical (unpaired) electrons. The Kier molecular flexibility index (Phi) is 4.87. The van der Waals surface area contributed by atoms with Gasteiger partial charge in [0.2, 0.25) is 0 Å². The third-order valence-corrected chi connectivity index (χ3v) is 2.76. The molecule has 3 nitrogen and oxygen atoms in total. The van der Waals surface area contributed by atoms with Crippen molar-refractivity contribution in [1.82, 2.24) is 10.7 Å². The van der Waals surface area contributed by atoms with Gasteiger partial charge in [0, 0.05) is 12.3 Å². The molecular weight excluding hydrogens is 194 g/mol.